The van der Waals surface area contributed by atoms with E-state index in [1.54, 1.807) is 55.5 Å². The number of para-hydroxylation sites is 1. The van der Waals surface area contributed by atoms with Crippen LogP contribution in [0, 0.1) is 18.8 Å². The Labute approximate surface area is 301 Å². The molecule has 4 heterocycles. The number of aryl methyl sites for hydroxylation is 1. The number of benzene rings is 3. The van der Waals surface area contributed by atoms with Gasteiger partial charge in [0.2, 0.25) is 0 Å². The SMILES string of the molecule is C=CC1C[N+]2(/C([O-])=N/S(=O)(=O)c3ccc(C)cc3)CCC1CC2[C@@H](NC(=S)Nc1cc(C(F)(F)F)cc(C(F)(F)F)c1)c1ccnc2ccccc12. The molecule has 3 aromatic carbocycles. The predicted octanol–water partition coefficient (Wildman–Crippen LogP) is 7.12. The van der Waals surface area contributed by atoms with Crippen LogP contribution in [-0.4, -0.2) is 48.2 Å². The summed E-state index contributed by atoms with van der Waals surface area (Å²) in [5, 5.41) is 20.4. The number of hydrogen-bond donors (Lipinski definition) is 2. The second kappa shape index (κ2) is 13.8. The van der Waals surface area contributed by atoms with Crippen LogP contribution in [0.1, 0.15) is 41.1 Å². The summed E-state index contributed by atoms with van der Waals surface area (Å²) in [7, 11) is -4.44. The fraction of sp³-hybridized carbons (Fsp3) is 0.306. The molecule has 3 aliphatic rings. The fourth-order valence-electron chi connectivity index (χ4n) is 7.39. The molecule has 0 radical (unpaired) electrons. The number of aromatic nitrogens is 1. The number of piperidine rings is 3. The van der Waals surface area contributed by atoms with Gasteiger partial charge in [0.05, 0.1) is 34.6 Å². The van der Waals surface area contributed by atoms with Crippen molar-refractivity contribution in [2.24, 2.45) is 16.2 Å². The lowest BCUT2D eigenvalue weighted by atomic mass is 9.71. The molecule has 52 heavy (non-hydrogen) atoms. The van der Waals surface area contributed by atoms with Gasteiger partial charge >= 0.3 is 12.4 Å². The molecule has 8 nitrogen and oxygen atoms in total. The summed E-state index contributed by atoms with van der Waals surface area (Å²) in [5.74, 6) is -0.141. The summed E-state index contributed by atoms with van der Waals surface area (Å²) in [6.45, 7) is 6.11. The predicted molar refractivity (Wildman–Crippen MR) is 186 cm³/mol. The van der Waals surface area contributed by atoms with E-state index in [9.17, 15) is 39.9 Å². The molecule has 0 amide bonds. The quantitative estimate of drug-likeness (QED) is 0.0516. The summed E-state index contributed by atoms with van der Waals surface area (Å²) in [4.78, 5) is 4.26. The number of hydrogen-bond acceptors (Lipinski definition) is 5. The van der Waals surface area contributed by atoms with Crippen molar-refractivity contribution in [1.29, 1.82) is 0 Å². The van der Waals surface area contributed by atoms with Crippen molar-refractivity contribution in [2.75, 3.05) is 18.4 Å². The van der Waals surface area contributed by atoms with E-state index in [-0.39, 0.29) is 41.0 Å². The molecular weight excluding hydrogens is 729 g/mol. The Bertz CT molecular complexity index is 2120. The molecule has 274 valence electrons. The van der Waals surface area contributed by atoms with Crippen LogP contribution in [0.4, 0.5) is 32.0 Å². The summed E-state index contributed by atoms with van der Waals surface area (Å²) in [5.41, 5.74) is -1.66. The molecule has 0 saturated carbocycles. The van der Waals surface area contributed by atoms with Gasteiger partial charge < -0.3 is 15.7 Å². The van der Waals surface area contributed by atoms with E-state index in [4.69, 9.17) is 12.2 Å². The van der Waals surface area contributed by atoms with Crippen molar-refractivity contribution in [3.8, 4) is 0 Å². The number of sulfonamides is 1. The van der Waals surface area contributed by atoms with Gasteiger partial charge in [-0.1, -0.05) is 42.0 Å². The van der Waals surface area contributed by atoms with Crippen LogP contribution in [0.5, 0.6) is 0 Å². The molecule has 2 N–H and O–H groups in total. The number of halogens is 6. The molecular formula is C36H33F6N5O3S2. The summed E-state index contributed by atoms with van der Waals surface area (Å²) >= 11 is 5.55. The normalized spacial score (nSPS) is 22.9. The first kappa shape index (κ1) is 37.2. The molecule has 5 atom stereocenters. The van der Waals surface area contributed by atoms with Crippen LogP contribution >= 0.6 is 12.2 Å². The van der Waals surface area contributed by atoms with E-state index in [0.29, 0.717) is 41.4 Å². The van der Waals surface area contributed by atoms with Crippen LogP contribution in [0.3, 0.4) is 0 Å². The van der Waals surface area contributed by atoms with Gasteiger partial charge in [0, 0.05) is 36.0 Å². The zero-order valence-corrected chi connectivity index (χ0v) is 29.2. The number of pyridine rings is 1. The van der Waals surface area contributed by atoms with E-state index >= 15 is 0 Å². The molecule has 3 aliphatic heterocycles. The van der Waals surface area contributed by atoms with Crippen LogP contribution in [0.2, 0.25) is 0 Å². The monoisotopic (exact) mass is 761 g/mol. The van der Waals surface area contributed by atoms with Gasteiger partial charge in [-0.2, -0.15) is 34.8 Å². The highest BCUT2D eigenvalue weighted by molar-refractivity contribution is 7.90. The third-order valence-electron chi connectivity index (χ3n) is 9.96. The highest BCUT2D eigenvalue weighted by Gasteiger charge is 2.56. The van der Waals surface area contributed by atoms with Crippen molar-refractivity contribution in [3.05, 3.63) is 114 Å². The largest absolute Gasteiger partial charge is 0.815 e. The van der Waals surface area contributed by atoms with Crippen molar-refractivity contribution in [3.63, 3.8) is 0 Å². The van der Waals surface area contributed by atoms with E-state index in [1.165, 1.54) is 18.3 Å². The molecule has 16 heteroatoms. The Morgan fingerprint density at radius 2 is 1.69 bits per heavy atom. The summed E-state index contributed by atoms with van der Waals surface area (Å²) in [6, 6.07) is 13.2. The maximum absolute atomic E-state index is 14.4. The fourth-order valence-corrected chi connectivity index (χ4v) is 8.59. The first-order valence-electron chi connectivity index (χ1n) is 16.2. The molecule has 7 rings (SSSR count). The summed E-state index contributed by atoms with van der Waals surface area (Å²) < 4.78 is 112. The van der Waals surface area contributed by atoms with Crippen LogP contribution in [0.25, 0.3) is 10.9 Å². The maximum atomic E-state index is 14.4. The average molecular weight is 762 g/mol. The van der Waals surface area contributed by atoms with Gasteiger partial charge in [0.1, 0.15) is 12.1 Å². The molecule has 3 saturated heterocycles. The second-order valence-electron chi connectivity index (χ2n) is 13.1. The highest BCUT2D eigenvalue weighted by atomic mass is 32.2. The number of amidine groups is 1. The van der Waals surface area contributed by atoms with E-state index in [0.717, 1.165) is 5.56 Å². The zero-order chi connectivity index (χ0) is 37.6. The van der Waals surface area contributed by atoms with Gasteiger partial charge in [-0.15, -0.1) is 11.0 Å². The Kier molecular flexibility index (Phi) is 9.87. The summed E-state index contributed by atoms with van der Waals surface area (Å²) in [6.07, 6.45) is -5.98. The number of thiocarbonyl (C=S) groups is 1. The average Bonchev–Trinajstić information content (AvgIpc) is 3.09. The smallest absolute Gasteiger partial charge is 0.416 e. The number of quaternary nitrogens is 1. The first-order chi connectivity index (χ1) is 24.4. The van der Waals surface area contributed by atoms with E-state index < -0.39 is 61.8 Å². The van der Waals surface area contributed by atoms with Crippen LogP contribution < -0.4 is 15.7 Å². The van der Waals surface area contributed by atoms with Crippen molar-refractivity contribution in [2.45, 2.75) is 49.1 Å². The van der Waals surface area contributed by atoms with Crippen molar-refractivity contribution < 1.29 is 44.3 Å². The number of nitrogens with one attached hydrogen (secondary N) is 2. The third kappa shape index (κ3) is 7.36. The first-order valence-corrected chi connectivity index (χ1v) is 18.1. The van der Waals surface area contributed by atoms with Gasteiger partial charge in [0.15, 0.2) is 11.1 Å². The number of fused-ring (bicyclic) bond motifs is 4. The Morgan fingerprint density at radius 1 is 1.04 bits per heavy atom. The van der Waals surface area contributed by atoms with Crippen LogP contribution in [-0.2, 0) is 22.4 Å². The van der Waals surface area contributed by atoms with Crippen LogP contribution in [0.15, 0.2) is 101 Å². The van der Waals surface area contributed by atoms with E-state index in [2.05, 4.69) is 26.6 Å². The molecule has 0 spiro atoms. The number of nitrogens with zero attached hydrogens (tertiary/aromatic N) is 3. The minimum Gasteiger partial charge on any atom is -0.815 e. The minimum atomic E-state index is -5.08. The Morgan fingerprint density at radius 3 is 2.33 bits per heavy atom. The second-order valence-corrected chi connectivity index (χ2v) is 15.2. The third-order valence-corrected chi connectivity index (χ3v) is 11.4. The molecule has 4 unspecified atom stereocenters. The zero-order valence-electron chi connectivity index (χ0n) is 27.6. The maximum Gasteiger partial charge on any atom is 0.416 e. The molecule has 2 bridgehead atoms. The van der Waals surface area contributed by atoms with Gasteiger partial charge in [-0.25, -0.2) is 0 Å². The molecule has 4 aromatic rings. The Hall–Kier alpha value is -4.54. The lowest BCUT2D eigenvalue weighted by Crippen LogP contribution is -2.74. The number of anilines is 1. The highest BCUT2D eigenvalue weighted by Crippen LogP contribution is 2.47. The molecule has 0 aliphatic carbocycles. The Balaban J connectivity index is 1.46. The van der Waals surface area contributed by atoms with Gasteiger partial charge in [-0.05, 0) is 73.1 Å². The number of alkyl halides is 6. The minimum absolute atomic E-state index is 0.0172. The topological polar surface area (TPSA) is 107 Å². The van der Waals surface area contributed by atoms with E-state index in [1.807, 2.05) is 0 Å². The molecule has 3 fully saturated rings. The van der Waals surface area contributed by atoms with Gasteiger partial charge in [0.25, 0.3) is 10.0 Å². The molecule has 1 aromatic heterocycles. The van der Waals surface area contributed by atoms with Gasteiger partial charge in [-0.3, -0.25) is 9.47 Å². The van der Waals surface area contributed by atoms with Crippen molar-refractivity contribution in [1.82, 2.24) is 10.3 Å². The number of rotatable bonds is 7. The van der Waals surface area contributed by atoms with Crippen molar-refractivity contribution >= 4 is 50.0 Å². The lowest BCUT2D eigenvalue weighted by Gasteiger charge is -2.59. The standard InChI is InChI=1S/C36H33F6N5O3S2/c1-3-22-20-47(34(48)46-52(49,50)27-10-8-21(2)9-11-27)15-13-23(22)16-31(47)32(29-12-14-43-30-7-5-4-6-28(29)30)45-33(51)44-26-18-24(35(37,38)39)17-25(19-26)36(40,41)42/h3-12,14,17-19,22-23,31-32H,1,13,15-16,20H2,2H3,(H2-,44,45,46,48,51)/t22?,23?,31?,32-,47?/m0/s1. The lowest BCUT2D eigenvalue weighted by molar-refractivity contribution is -0.913.